The third-order valence-electron chi connectivity index (χ3n) is 5.83. The van der Waals surface area contributed by atoms with Gasteiger partial charge in [-0.15, -0.1) is 0 Å². The topological polar surface area (TPSA) is 111 Å². The van der Waals surface area contributed by atoms with Crippen molar-refractivity contribution in [3.8, 4) is 11.6 Å². The number of rotatable bonds is 8. The number of imidazole rings is 2. The Bertz CT molecular complexity index is 1590. The lowest BCUT2D eigenvalue weighted by Gasteiger charge is -2.15. The molecule has 10 nitrogen and oxygen atoms in total. The van der Waals surface area contributed by atoms with Gasteiger partial charge in [0.15, 0.2) is 11.6 Å². The maximum absolute atomic E-state index is 12.8. The van der Waals surface area contributed by atoms with Crippen molar-refractivity contribution in [2.45, 2.75) is 19.5 Å². The molecule has 4 heterocycles. The molecule has 40 heavy (non-hydrogen) atoms. The molecule has 0 amide bonds. The normalized spacial score (nSPS) is 11.2. The summed E-state index contributed by atoms with van der Waals surface area (Å²) in [5.74, 6) is 2.59. The van der Waals surface area contributed by atoms with Crippen LogP contribution in [0.3, 0.4) is 0 Å². The maximum atomic E-state index is 12.8. The van der Waals surface area contributed by atoms with Gasteiger partial charge in [-0.2, -0.15) is 0 Å². The molecule has 6 rings (SSSR count). The number of hydrogen-bond acceptors (Lipinski definition) is 8. The van der Waals surface area contributed by atoms with Crippen molar-refractivity contribution in [1.29, 1.82) is 0 Å². The van der Waals surface area contributed by atoms with Crippen molar-refractivity contribution >= 4 is 11.6 Å². The number of nitrogens with one attached hydrogen (secondary N) is 2. The summed E-state index contributed by atoms with van der Waals surface area (Å²) in [6.45, 7) is 2.66. The van der Waals surface area contributed by atoms with Gasteiger partial charge < -0.3 is 10.6 Å². The summed E-state index contributed by atoms with van der Waals surface area (Å²) < 4.78 is 16.4. The van der Waals surface area contributed by atoms with E-state index in [-0.39, 0.29) is 11.9 Å². The summed E-state index contributed by atoms with van der Waals surface area (Å²) in [6, 6.07) is 16.7. The van der Waals surface area contributed by atoms with Gasteiger partial charge in [0.25, 0.3) is 0 Å². The zero-order valence-corrected chi connectivity index (χ0v) is 21.7. The lowest BCUT2D eigenvalue weighted by molar-refractivity contribution is 0.627. The Hall–Kier alpha value is -5.45. The van der Waals surface area contributed by atoms with Gasteiger partial charge in [0.2, 0.25) is 0 Å². The average Bonchev–Trinajstić information content (AvgIpc) is 3.74. The van der Waals surface area contributed by atoms with E-state index in [4.69, 9.17) is 0 Å². The van der Waals surface area contributed by atoms with E-state index in [0.717, 1.165) is 17.2 Å². The third-order valence-corrected chi connectivity index (χ3v) is 5.83. The fourth-order valence-electron chi connectivity index (χ4n) is 3.75. The molecule has 200 valence electrons. The number of hydrogen-bond donors (Lipinski definition) is 2. The molecule has 0 fully saturated rings. The standard InChI is InChI=1S/C15H15N5.C14H12FN5/c1-12(13-5-3-2-4-6-13)18-14-9-17-10-15(19-14)20-8-7-16-11-20;15-12-3-1-11(2-4-12)7-18-13-8-17-9-14(19-13)20-6-5-16-10-20/h2-12H,1H3,(H,18,19);1-6,8-10H,7H2,(H,18,19)/t12-;/m0./s1. The summed E-state index contributed by atoms with van der Waals surface area (Å²) in [5.41, 5.74) is 2.18. The molecule has 0 aliphatic rings. The smallest absolute Gasteiger partial charge is 0.158 e. The molecule has 11 heteroatoms. The van der Waals surface area contributed by atoms with Crippen molar-refractivity contribution in [1.82, 2.24) is 39.0 Å². The minimum absolute atomic E-state index is 0.170. The van der Waals surface area contributed by atoms with Gasteiger partial charge in [-0.3, -0.25) is 19.1 Å². The molecule has 1 atom stereocenters. The first kappa shape index (κ1) is 26.2. The number of benzene rings is 2. The first-order valence-corrected chi connectivity index (χ1v) is 12.5. The van der Waals surface area contributed by atoms with Crippen molar-refractivity contribution in [3.05, 3.63) is 134 Å². The summed E-state index contributed by atoms with van der Waals surface area (Å²) in [4.78, 5) is 25.3. The number of aromatic nitrogens is 8. The van der Waals surface area contributed by atoms with Gasteiger partial charge in [-0.1, -0.05) is 42.5 Å². The highest BCUT2D eigenvalue weighted by Gasteiger charge is 2.07. The molecule has 0 saturated heterocycles. The van der Waals surface area contributed by atoms with Gasteiger partial charge in [-0.25, -0.2) is 24.3 Å². The van der Waals surface area contributed by atoms with Crippen molar-refractivity contribution < 1.29 is 4.39 Å². The fraction of sp³-hybridized carbons (Fsp3) is 0.103. The van der Waals surface area contributed by atoms with Crippen LogP contribution in [-0.2, 0) is 6.54 Å². The van der Waals surface area contributed by atoms with Crippen LogP contribution in [0, 0.1) is 5.82 Å². The van der Waals surface area contributed by atoms with Gasteiger partial charge >= 0.3 is 0 Å². The Balaban J connectivity index is 0.000000161. The van der Waals surface area contributed by atoms with Gasteiger partial charge in [0.1, 0.15) is 30.1 Å². The van der Waals surface area contributed by atoms with E-state index in [1.807, 2.05) is 29.0 Å². The third kappa shape index (κ3) is 7.10. The largest absolute Gasteiger partial charge is 0.365 e. The Labute approximate surface area is 230 Å². The number of nitrogens with zero attached hydrogens (tertiary/aromatic N) is 8. The molecule has 0 radical (unpaired) electrons. The first-order valence-electron chi connectivity index (χ1n) is 12.5. The van der Waals surface area contributed by atoms with Crippen LogP contribution in [0.4, 0.5) is 16.0 Å². The summed E-state index contributed by atoms with van der Waals surface area (Å²) in [7, 11) is 0. The first-order chi connectivity index (χ1) is 19.6. The molecule has 6 aromatic rings. The Morgan fingerprint density at radius 2 is 1.32 bits per heavy atom. The van der Waals surface area contributed by atoms with Crippen LogP contribution in [0.2, 0.25) is 0 Å². The molecule has 0 spiro atoms. The highest BCUT2D eigenvalue weighted by atomic mass is 19.1. The molecule has 2 N–H and O–H groups in total. The highest BCUT2D eigenvalue weighted by Crippen LogP contribution is 2.17. The second kappa shape index (κ2) is 12.9. The van der Waals surface area contributed by atoms with E-state index in [1.54, 1.807) is 72.7 Å². The molecule has 4 aromatic heterocycles. The van der Waals surface area contributed by atoms with Crippen LogP contribution in [-0.4, -0.2) is 39.0 Å². The van der Waals surface area contributed by atoms with E-state index in [0.29, 0.717) is 18.2 Å². The molecular formula is C29H27FN10. The van der Waals surface area contributed by atoms with E-state index in [1.165, 1.54) is 17.7 Å². The minimum atomic E-state index is -0.240. The molecule has 0 aliphatic carbocycles. The maximum Gasteiger partial charge on any atom is 0.158 e. The second-order valence-corrected chi connectivity index (χ2v) is 8.72. The molecular weight excluding hydrogens is 507 g/mol. The summed E-state index contributed by atoms with van der Waals surface area (Å²) in [5, 5.41) is 6.51. The van der Waals surface area contributed by atoms with Crippen LogP contribution in [0.5, 0.6) is 0 Å². The van der Waals surface area contributed by atoms with Crippen LogP contribution in [0.1, 0.15) is 24.1 Å². The van der Waals surface area contributed by atoms with Crippen molar-refractivity contribution in [3.63, 3.8) is 0 Å². The zero-order valence-electron chi connectivity index (χ0n) is 21.7. The van der Waals surface area contributed by atoms with Crippen LogP contribution < -0.4 is 10.6 Å². The highest BCUT2D eigenvalue weighted by molar-refractivity contribution is 5.39. The Kier molecular flexibility index (Phi) is 8.42. The molecule has 0 unspecified atom stereocenters. The van der Waals surface area contributed by atoms with Crippen molar-refractivity contribution in [2.24, 2.45) is 0 Å². The average molecular weight is 535 g/mol. The van der Waals surface area contributed by atoms with Crippen LogP contribution >= 0.6 is 0 Å². The lowest BCUT2D eigenvalue weighted by Crippen LogP contribution is -2.09. The monoisotopic (exact) mass is 534 g/mol. The zero-order chi connectivity index (χ0) is 27.6. The summed E-state index contributed by atoms with van der Waals surface area (Å²) in [6.07, 6.45) is 17.1. The number of halogens is 1. The Morgan fingerprint density at radius 1 is 0.725 bits per heavy atom. The fourth-order valence-corrected chi connectivity index (χ4v) is 3.75. The number of anilines is 2. The van der Waals surface area contributed by atoms with E-state index < -0.39 is 0 Å². The van der Waals surface area contributed by atoms with E-state index in [2.05, 4.69) is 59.6 Å². The van der Waals surface area contributed by atoms with E-state index >= 15 is 0 Å². The predicted octanol–water partition coefficient (Wildman–Crippen LogP) is 5.25. The van der Waals surface area contributed by atoms with Gasteiger partial charge in [0, 0.05) is 37.4 Å². The lowest BCUT2D eigenvalue weighted by atomic mass is 10.1. The molecule has 2 aromatic carbocycles. The minimum Gasteiger partial charge on any atom is -0.365 e. The molecule has 0 bridgehead atoms. The SMILES string of the molecule is C[C@H](Nc1cncc(-n2ccnc2)n1)c1ccccc1.Fc1ccc(CNc2cncc(-n3ccnc3)n2)cc1. The van der Waals surface area contributed by atoms with Gasteiger partial charge in [0.05, 0.1) is 24.8 Å². The van der Waals surface area contributed by atoms with Crippen LogP contribution in [0.15, 0.2) is 117 Å². The molecule has 0 aliphatic heterocycles. The van der Waals surface area contributed by atoms with Crippen molar-refractivity contribution in [2.75, 3.05) is 10.6 Å². The predicted molar refractivity (Wildman–Crippen MR) is 151 cm³/mol. The molecule has 0 saturated carbocycles. The van der Waals surface area contributed by atoms with Gasteiger partial charge in [-0.05, 0) is 30.2 Å². The van der Waals surface area contributed by atoms with Crippen LogP contribution in [0.25, 0.3) is 11.6 Å². The quantitative estimate of drug-likeness (QED) is 0.272. The second-order valence-electron chi connectivity index (χ2n) is 8.72. The summed E-state index contributed by atoms with van der Waals surface area (Å²) >= 11 is 0. The Morgan fingerprint density at radius 3 is 1.93 bits per heavy atom. The van der Waals surface area contributed by atoms with E-state index in [9.17, 15) is 4.39 Å².